The Bertz CT molecular complexity index is 2110. The SMILES string of the molecule is CCc1c(F)ccc2cc(O)cc(-c3nc4c5c(nc(OCC6(CN7CCC[C@H]7COC(=O)N(C)C)CC6)nc5c3F)N3C[C@H]5CC[C@H](N5)[C@H]3CO4)c12. The number of pyridine rings is 1. The number of amides is 1. The van der Waals surface area contributed by atoms with Crippen molar-refractivity contribution in [2.45, 2.75) is 76.0 Å². The first-order valence-corrected chi connectivity index (χ1v) is 18.8. The summed E-state index contributed by atoms with van der Waals surface area (Å²) in [6.45, 7) is 5.24. The van der Waals surface area contributed by atoms with Crippen LogP contribution >= 0.6 is 0 Å². The quantitative estimate of drug-likeness (QED) is 0.230. The Morgan fingerprint density at radius 1 is 1.13 bits per heavy atom. The number of aryl methyl sites for hydroxylation is 1. The van der Waals surface area contributed by atoms with Gasteiger partial charge in [0.05, 0.1) is 12.6 Å². The molecule has 0 spiro atoms. The monoisotopic (exact) mass is 729 g/mol. The van der Waals surface area contributed by atoms with Crippen molar-refractivity contribution in [3.8, 4) is 28.9 Å². The fourth-order valence-electron chi connectivity index (χ4n) is 8.95. The number of nitrogens with one attached hydrogen (secondary N) is 1. The molecule has 14 heteroatoms. The maximum atomic E-state index is 17.2. The first-order chi connectivity index (χ1) is 25.6. The highest BCUT2D eigenvalue weighted by atomic mass is 19.1. The molecule has 3 saturated heterocycles. The molecule has 1 amide bonds. The van der Waals surface area contributed by atoms with Gasteiger partial charge in [-0.25, -0.2) is 18.6 Å². The number of rotatable bonds is 9. The van der Waals surface area contributed by atoms with Crippen LogP contribution in [0.2, 0.25) is 0 Å². The Morgan fingerprint density at radius 3 is 2.77 bits per heavy atom. The van der Waals surface area contributed by atoms with E-state index >= 15 is 8.78 Å². The number of fused-ring (bicyclic) bond motifs is 6. The molecule has 4 aromatic rings. The summed E-state index contributed by atoms with van der Waals surface area (Å²) >= 11 is 0. The maximum Gasteiger partial charge on any atom is 0.409 e. The van der Waals surface area contributed by atoms with Crippen molar-refractivity contribution in [2.75, 3.05) is 58.5 Å². The predicted octanol–water partition coefficient (Wildman–Crippen LogP) is 5.41. The Morgan fingerprint density at radius 2 is 1.98 bits per heavy atom. The molecule has 2 aromatic heterocycles. The van der Waals surface area contributed by atoms with Gasteiger partial charge >= 0.3 is 12.1 Å². The lowest BCUT2D eigenvalue weighted by molar-refractivity contribution is 0.0748. The van der Waals surface area contributed by atoms with Gasteiger partial charge < -0.3 is 34.4 Å². The molecule has 0 radical (unpaired) electrons. The lowest BCUT2D eigenvalue weighted by Gasteiger charge is -2.40. The number of piperazine rings is 1. The number of hydrogen-bond acceptors (Lipinski definition) is 11. The number of ether oxygens (including phenoxy) is 3. The first-order valence-electron chi connectivity index (χ1n) is 18.8. The molecule has 6 heterocycles. The van der Waals surface area contributed by atoms with E-state index in [2.05, 4.69) is 15.1 Å². The number of carbonyl (C=O) groups is 1. The second kappa shape index (κ2) is 13.1. The third-order valence-electron chi connectivity index (χ3n) is 12.0. The number of anilines is 1. The fourth-order valence-corrected chi connectivity index (χ4v) is 8.95. The molecule has 12 nitrogen and oxygen atoms in total. The van der Waals surface area contributed by atoms with Gasteiger partial charge in [-0.1, -0.05) is 13.0 Å². The molecule has 4 fully saturated rings. The van der Waals surface area contributed by atoms with E-state index in [1.54, 1.807) is 26.2 Å². The molecule has 4 atom stereocenters. The van der Waals surface area contributed by atoms with Crippen LogP contribution in [0.15, 0.2) is 24.3 Å². The van der Waals surface area contributed by atoms with Crippen LogP contribution in [0.5, 0.6) is 17.6 Å². The van der Waals surface area contributed by atoms with E-state index in [0.717, 1.165) is 51.6 Å². The number of aromatic hydroxyl groups is 1. The average Bonchev–Trinajstić information content (AvgIpc) is 3.65. The van der Waals surface area contributed by atoms with Crippen LogP contribution in [0.1, 0.15) is 51.0 Å². The molecule has 2 bridgehead atoms. The number of aromatic nitrogens is 3. The number of benzene rings is 2. The van der Waals surface area contributed by atoms with Crippen molar-refractivity contribution in [2.24, 2.45) is 5.41 Å². The molecule has 1 aliphatic carbocycles. The highest BCUT2D eigenvalue weighted by Crippen LogP contribution is 2.49. The molecular formula is C39H45F2N7O5. The van der Waals surface area contributed by atoms with E-state index in [1.165, 1.54) is 17.0 Å². The standard InChI is InChI=1S/C39H45F2N7O5/c1-4-25-27(40)9-7-21-14-24(49)15-26(30(21)25)33-32(41)34-31-35(48-16-22-8-10-28(42-22)29(48)18-51-36(31)43-33)45-37(44-34)53-20-39(11-12-39)19-47-13-5-6-23(47)17-52-38(50)46(2)3/h7,9,14-15,22-23,28-29,42,49H,4-6,8,10-13,16-20H2,1-3H3/t22-,23+,28+,29-/m1/s1. The molecular weight excluding hydrogens is 684 g/mol. The van der Waals surface area contributed by atoms with Crippen molar-refractivity contribution in [1.82, 2.24) is 30.1 Å². The van der Waals surface area contributed by atoms with E-state index in [9.17, 15) is 9.90 Å². The summed E-state index contributed by atoms with van der Waals surface area (Å²) in [7, 11) is 3.36. The highest BCUT2D eigenvalue weighted by molar-refractivity contribution is 6.03. The molecule has 280 valence electrons. The summed E-state index contributed by atoms with van der Waals surface area (Å²) in [5.41, 5.74) is 0.471. The number of halogens is 2. The largest absolute Gasteiger partial charge is 0.508 e. The van der Waals surface area contributed by atoms with E-state index in [-0.39, 0.29) is 70.1 Å². The Labute approximate surface area is 306 Å². The van der Waals surface area contributed by atoms with Gasteiger partial charge in [-0.15, -0.1) is 0 Å². The van der Waals surface area contributed by atoms with Gasteiger partial charge in [-0.3, -0.25) is 4.90 Å². The normalized spacial score (nSPS) is 24.2. The average molecular weight is 730 g/mol. The topological polar surface area (TPSA) is 125 Å². The van der Waals surface area contributed by atoms with Crippen molar-refractivity contribution in [3.63, 3.8) is 0 Å². The fraction of sp³-hybridized carbons (Fsp3) is 0.538. The minimum atomic E-state index is -0.719. The zero-order valence-electron chi connectivity index (χ0n) is 30.3. The van der Waals surface area contributed by atoms with Crippen LogP contribution in [-0.2, 0) is 11.2 Å². The van der Waals surface area contributed by atoms with Crippen LogP contribution in [-0.4, -0.2) is 114 Å². The lowest BCUT2D eigenvalue weighted by Crippen LogP contribution is -2.60. The van der Waals surface area contributed by atoms with Gasteiger partial charge in [0.15, 0.2) is 5.82 Å². The van der Waals surface area contributed by atoms with Crippen molar-refractivity contribution in [1.29, 1.82) is 0 Å². The molecule has 1 saturated carbocycles. The molecule has 53 heavy (non-hydrogen) atoms. The van der Waals surface area contributed by atoms with Gasteiger partial charge in [0.25, 0.3) is 0 Å². The van der Waals surface area contributed by atoms with Crippen LogP contribution in [0, 0.1) is 17.0 Å². The van der Waals surface area contributed by atoms with Crippen molar-refractivity contribution >= 4 is 33.6 Å². The molecule has 0 unspecified atom stereocenters. The smallest absolute Gasteiger partial charge is 0.409 e. The van der Waals surface area contributed by atoms with Gasteiger partial charge in [0.1, 0.15) is 47.2 Å². The number of nitrogens with zero attached hydrogens (tertiary/aromatic N) is 6. The summed E-state index contributed by atoms with van der Waals surface area (Å²) in [6.07, 6.45) is 5.97. The van der Waals surface area contributed by atoms with Gasteiger partial charge in [-0.2, -0.15) is 9.97 Å². The number of hydrogen-bond donors (Lipinski definition) is 2. The second-order valence-electron chi connectivity index (χ2n) is 15.7. The molecule has 2 N–H and O–H groups in total. The highest BCUT2D eigenvalue weighted by Gasteiger charge is 2.48. The predicted molar refractivity (Wildman–Crippen MR) is 195 cm³/mol. The summed E-state index contributed by atoms with van der Waals surface area (Å²) in [5.74, 6) is -0.489. The van der Waals surface area contributed by atoms with E-state index < -0.39 is 11.6 Å². The first kappa shape index (κ1) is 34.2. The Balaban J connectivity index is 1.10. The van der Waals surface area contributed by atoms with Gasteiger partial charge in [0.2, 0.25) is 5.88 Å². The number of phenols is 1. The van der Waals surface area contributed by atoms with Gasteiger partial charge in [0, 0.05) is 56.3 Å². The van der Waals surface area contributed by atoms with E-state index in [0.29, 0.717) is 60.3 Å². The van der Waals surface area contributed by atoms with Crippen LogP contribution in [0.4, 0.5) is 19.4 Å². The summed E-state index contributed by atoms with van der Waals surface area (Å²) in [6, 6.07) is 6.52. The van der Waals surface area contributed by atoms with Crippen LogP contribution in [0.25, 0.3) is 32.9 Å². The summed E-state index contributed by atoms with van der Waals surface area (Å²) in [5, 5.41) is 15.9. The van der Waals surface area contributed by atoms with Crippen LogP contribution in [0.3, 0.4) is 0 Å². The Kier molecular flexibility index (Phi) is 8.45. The third kappa shape index (κ3) is 6.03. The van der Waals surface area contributed by atoms with E-state index in [1.807, 2.05) is 6.92 Å². The molecule has 9 rings (SSSR count). The number of phenolic OH excluding ortho intramolecular Hbond substituents is 1. The Hall–Kier alpha value is -4.56. The summed E-state index contributed by atoms with van der Waals surface area (Å²) in [4.78, 5) is 32.6. The van der Waals surface area contributed by atoms with Crippen LogP contribution < -0.4 is 19.7 Å². The van der Waals surface area contributed by atoms with Crippen molar-refractivity contribution < 1.29 is 32.9 Å². The minimum Gasteiger partial charge on any atom is -0.508 e. The molecule has 2 aromatic carbocycles. The van der Waals surface area contributed by atoms with Crippen molar-refractivity contribution in [3.05, 3.63) is 41.5 Å². The number of likely N-dealkylation sites (tertiary alicyclic amines) is 1. The zero-order valence-corrected chi connectivity index (χ0v) is 30.3. The molecule has 4 aliphatic heterocycles. The van der Waals surface area contributed by atoms with Gasteiger partial charge in [-0.05, 0) is 86.0 Å². The summed E-state index contributed by atoms with van der Waals surface area (Å²) < 4.78 is 50.8. The third-order valence-corrected chi connectivity index (χ3v) is 12.0. The van der Waals surface area contributed by atoms with E-state index in [4.69, 9.17) is 29.2 Å². The lowest BCUT2D eigenvalue weighted by atomic mass is 9.94. The minimum absolute atomic E-state index is 0.00892. The molecule has 5 aliphatic rings. The number of carbonyl (C=O) groups excluding carboxylic acids is 1. The zero-order chi connectivity index (χ0) is 36.6. The maximum absolute atomic E-state index is 17.2. The second-order valence-corrected chi connectivity index (χ2v) is 15.7.